The highest BCUT2D eigenvalue weighted by molar-refractivity contribution is 7.91. The van der Waals surface area contributed by atoms with Gasteiger partial charge in [-0.25, -0.2) is 8.42 Å². The van der Waals surface area contributed by atoms with Gasteiger partial charge >= 0.3 is 0 Å². The molecule has 0 saturated heterocycles. The third-order valence-electron chi connectivity index (χ3n) is 2.26. The Hall–Kier alpha value is -1.36. The van der Waals surface area contributed by atoms with Crippen molar-refractivity contribution in [2.24, 2.45) is 5.73 Å². The topological polar surface area (TPSA) is 77.2 Å². The standard InChI is InChI=1S/C11H15NO3S/c1-2-3-8-16(14,15)10-6-4-9(5-7-10)11(12)13/h4-7H,2-3,8H2,1H3,(H2,12,13). The Bertz CT molecular complexity index is 463. The molecule has 0 unspecified atom stereocenters. The van der Waals surface area contributed by atoms with Gasteiger partial charge in [-0.05, 0) is 30.7 Å². The fraction of sp³-hybridized carbons (Fsp3) is 0.364. The Morgan fingerprint density at radius 2 is 1.81 bits per heavy atom. The second-order valence-electron chi connectivity index (χ2n) is 3.56. The molecule has 0 bridgehead atoms. The summed E-state index contributed by atoms with van der Waals surface area (Å²) >= 11 is 0. The number of rotatable bonds is 5. The number of hydrogen-bond donors (Lipinski definition) is 1. The third-order valence-corrected chi connectivity index (χ3v) is 4.08. The summed E-state index contributed by atoms with van der Waals surface area (Å²) in [7, 11) is -3.22. The zero-order valence-electron chi connectivity index (χ0n) is 9.14. The number of carbonyl (C=O) groups is 1. The molecule has 0 atom stereocenters. The molecule has 1 rings (SSSR count). The number of unbranched alkanes of at least 4 members (excludes halogenated alkanes) is 1. The van der Waals surface area contributed by atoms with Crippen LogP contribution in [0.5, 0.6) is 0 Å². The fourth-order valence-electron chi connectivity index (χ4n) is 1.28. The van der Waals surface area contributed by atoms with Crippen LogP contribution in [0.3, 0.4) is 0 Å². The number of amides is 1. The van der Waals surface area contributed by atoms with Crippen molar-refractivity contribution in [3.8, 4) is 0 Å². The van der Waals surface area contributed by atoms with Crippen molar-refractivity contribution in [2.45, 2.75) is 24.7 Å². The summed E-state index contributed by atoms with van der Waals surface area (Å²) < 4.78 is 23.5. The Labute approximate surface area is 95.4 Å². The van der Waals surface area contributed by atoms with Crippen LogP contribution in [0.2, 0.25) is 0 Å². The van der Waals surface area contributed by atoms with Crippen molar-refractivity contribution in [2.75, 3.05) is 5.75 Å². The first-order chi connectivity index (χ1) is 7.47. The van der Waals surface area contributed by atoms with E-state index < -0.39 is 15.7 Å². The van der Waals surface area contributed by atoms with Gasteiger partial charge in [-0.2, -0.15) is 0 Å². The van der Waals surface area contributed by atoms with Gasteiger partial charge in [0, 0.05) is 5.56 Å². The van der Waals surface area contributed by atoms with E-state index >= 15 is 0 Å². The van der Waals surface area contributed by atoms with Gasteiger partial charge in [0.1, 0.15) is 0 Å². The Morgan fingerprint density at radius 1 is 1.25 bits per heavy atom. The summed E-state index contributed by atoms with van der Waals surface area (Å²) in [5, 5.41) is 0. The SMILES string of the molecule is CCCCS(=O)(=O)c1ccc(C(N)=O)cc1. The molecule has 16 heavy (non-hydrogen) atoms. The first kappa shape index (κ1) is 12.7. The summed E-state index contributed by atoms with van der Waals surface area (Å²) in [5.74, 6) is -0.420. The lowest BCUT2D eigenvalue weighted by Crippen LogP contribution is -2.11. The van der Waals surface area contributed by atoms with Crippen LogP contribution in [0.4, 0.5) is 0 Å². The van der Waals surface area contributed by atoms with E-state index in [1.807, 2.05) is 6.92 Å². The highest BCUT2D eigenvalue weighted by atomic mass is 32.2. The maximum Gasteiger partial charge on any atom is 0.248 e. The van der Waals surface area contributed by atoms with Crippen molar-refractivity contribution in [3.05, 3.63) is 29.8 Å². The van der Waals surface area contributed by atoms with Crippen molar-refractivity contribution in [1.82, 2.24) is 0 Å². The van der Waals surface area contributed by atoms with E-state index in [-0.39, 0.29) is 10.6 Å². The van der Waals surface area contributed by atoms with Crippen LogP contribution in [0.1, 0.15) is 30.1 Å². The summed E-state index contributed by atoms with van der Waals surface area (Å²) in [4.78, 5) is 11.0. The zero-order valence-corrected chi connectivity index (χ0v) is 9.96. The van der Waals surface area contributed by atoms with E-state index in [1.165, 1.54) is 24.3 Å². The average Bonchev–Trinajstić information content (AvgIpc) is 2.26. The molecule has 0 fully saturated rings. The number of primary amides is 1. The molecule has 88 valence electrons. The van der Waals surface area contributed by atoms with E-state index in [0.717, 1.165) is 6.42 Å². The van der Waals surface area contributed by atoms with Gasteiger partial charge in [0.15, 0.2) is 9.84 Å². The molecule has 1 aromatic rings. The average molecular weight is 241 g/mol. The predicted molar refractivity (Wildman–Crippen MR) is 61.9 cm³/mol. The van der Waals surface area contributed by atoms with Gasteiger partial charge in [-0.3, -0.25) is 4.79 Å². The highest BCUT2D eigenvalue weighted by Gasteiger charge is 2.13. The minimum atomic E-state index is -3.22. The third kappa shape index (κ3) is 3.06. The van der Waals surface area contributed by atoms with Crippen LogP contribution in [-0.4, -0.2) is 20.1 Å². The lowest BCUT2D eigenvalue weighted by molar-refractivity contribution is 0.1000. The minimum absolute atomic E-state index is 0.138. The number of benzene rings is 1. The molecule has 0 radical (unpaired) electrons. The summed E-state index contributed by atoms with van der Waals surface area (Å²) in [6.45, 7) is 1.94. The Morgan fingerprint density at radius 3 is 2.25 bits per heavy atom. The maximum atomic E-state index is 11.8. The quantitative estimate of drug-likeness (QED) is 0.845. The summed E-state index contributed by atoms with van der Waals surface area (Å²) in [6.07, 6.45) is 1.47. The van der Waals surface area contributed by atoms with Gasteiger partial charge < -0.3 is 5.73 Å². The molecular formula is C11H15NO3S. The van der Waals surface area contributed by atoms with Crippen LogP contribution in [0.25, 0.3) is 0 Å². The second-order valence-corrected chi connectivity index (χ2v) is 5.67. The molecule has 1 amide bonds. The van der Waals surface area contributed by atoms with Gasteiger partial charge in [0.25, 0.3) is 0 Å². The van der Waals surface area contributed by atoms with Crippen molar-refractivity contribution < 1.29 is 13.2 Å². The normalized spacial score (nSPS) is 11.3. The van der Waals surface area contributed by atoms with Crippen LogP contribution in [-0.2, 0) is 9.84 Å². The molecule has 0 aliphatic carbocycles. The van der Waals surface area contributed by atoms with Gasteiger partial charge in [0.05, 0.1) is 10.6 Å². The van der Waals surface area contributed by atoms with Crippen molar-refractivity contribution in [1.29, 1.82) is 0 Å². The second kappa shape index (κ2) is 5.12. The molecule has 0 saturated carbocycles. The highest BCUT2D eigenvalue weighted by Crippen LogP contribution is 2.13. The first-order valence-corrected chi connectivity index (χ1v) is 6.75. The summed E-state index contributed by atoms with van der Waals surface area (Å²) in [5.41, 5.74) is 5.38. The molecule has 1 aromatic carbocycles. The summed E-state index contributed by atoms with van der Waals surface area (Å²) in [6, 6.07) is 5.71. The molecule has 0 aromatic heterocycles. The van der Waals surface area contributed by atoms with Crippen LogP contribution < -0.4 is 5.73 Å². The molecule has 0 spiro atoms. The molecule has 4 nitrogen and oxygen atoms in total. The van der Waals surface area contributed by atoms with E-state index in [4.69, 9.17) is 5.73 Å². The van der Waals surface area contributed by atoms with Crippen LogP contribution in [0.15, 0.2) is 29.2 Å². The Balaban J connectivity index is 2.93. The minimum Gasteiger partial charge on any atom is -0.366 e. The largest absolute Gasteiger partial charge is 0.366 e. The lowest BCUT2D eigenvalue weighted by Gasteiger charge is -2.03. The van der Waals surface area contributed by atoms with E-state index in [2.05, 4.69) is 0 Å². The predicted octanol–water partition coefficient (Wildman–Crippen LogP) is 1.36. The van der Waals surface area contributed by atoms with Crippen LogP contribution >= 0.6 is 0 Å². The molecule has 2 N–H and O–H groups in total. The van der Waals surface area contributed by atoms with Gasteiger partial charge in [0.2, 0.25) is 5.91 Å². The molecule has 5 heteroatoms. The molecule has 0 aliphatic rings. The van der Waals surface area contributed by atoms with E-state index in [9.17, 15) is 13.2 Å². The molecular weight excluding hydrogens is 226 g/mol. The monoisotopic (exact) mass is 241 g/mol. The van der Waals surface area contributed by atoms with E-state index in [1.54, 1.807) is 0 Å². The number of hydrogen-bond acceptors (Lipinski definition) is 3. The Kier molecular flexibility index (Phi) is 4.06. The van der Waals surface area contributed by atoms with Gasteiger partial charge in [-0.1, -0.05) is 13.3 Å². The fourth-order valence-corrected chi connectivity index (χ4v) is 2.73. The van der Waals surface area contributed by atoms with Crippen LogP contribution in [0, 0.1) is 0 Å². The molecule has 0 aliphatic heterocycles. The zero-order chi connectivity index (χ0) is 12.2. The number of carbonyl (C=O) groups excluding carboxylic acids is 1. The first-order valence-electron chi connectivity index (χ1n) is 5.10. The van der Waals surface area contributed by atoms with Gasteiger partial charge in [-0.15, -0.1) is 0 Å². The maximum absolute atomic E-state index is 11.8. The van der Waals surface area contributed by atoms with Crippen molar-refractivity contribution in [3.63, 3.8) is 0 Å². The number of sulfone groups is 1. The molecule has 0 heterocycles. The lowest BCUT2D eigenvalue weighted by atomic mass is 10.2. The smallest absolute Gasteiger partial charge is 0.248 e. The van der Waals surface area contributed by atoms with E-state index in [0.29, 0.717) is 12.0 Å². The number of nitrogens with two attached hydrogens (primary N) is 1. The van der Waals surface area contributed by atoms with Crippen molar-refractivity contribution >= 4 is 15.7 Å².